The van der Waals surface area contributed by atoms with Crippen LogP contribution in [-0.4, -0.2) is 37.1 Å². The minimum atomic E-state index is -4.54. The topological polar surface area (TPSA) is 73.1 Å². The fraction of sp³-hybridized carbons (Fsp3) is 0.450. The van der Waals surface area contributed by atoms with Crippen molar-refractivity contribution in [3.63, 3.8) is 0 Å². The Bertz CT molecular complexity index is 1050. The first kappa shape index (κ1) is 19.6. The highest BCUT2D eigenvalue weighted by Gasteiger charge is 2.33. The van der Waals surface area contributed by atoms with E-state index in [4.69, 9.17) is 4.74 Å². The van der Waals surface area contributed by atoms with Gasteiger partial charge in [0.25, 0.3) is 0 Å². The van der Waals surface area contributed by atoms with Crippen LogP contribution in [0.15, 0.2) is 24.5 Å². The molecule has 3 aromatic rings. The second kappa shape index (κ2) is 6.69. The molecule has 6 nitrogen and oxygen atoms in total. The number of hydrogen-bond acceptors (Lipinski definition) is 5. The highest BCUT2D eigenvalue weighted by Crippen LogP contribution is 2.38. The lowest BCUT2D eigenvalue weighted by Crippen LogP contribution is -2.35. The summed E-state index contributed by atoms with van der Waals surface area (Å²) >= 11 is 0. The standard InChI is InChI=1S/C20H21F3N4O2/c1-11-6-12(20(21,22)23)7-16(28)17(11)14-9-24-15-10-27(26-18(15)25-14)13-4-5-29-19(2,3)8-13/h6-7,9-10,13,28H,4-5,8H2,1-3H3/t13-/m0/s1. The Morgan fingerprint density at radius 2 is 2.03 bits per heavy atom. The van der Waals surface area contributed by atoms with E-state index in [0.29, 0.717) is 23.8 Å². The molecule has 4 rings (SSSR count). The SMILES string of the molecule is Cc1cc(C(F)(F)F)cc(O)c1-c1cnc2cn([C@H]3CCOC(C)(C)C3)nc2n1. The van der Waals surface area contributed by atoms with E-state index in [-0.39, 0.29) is 28.5 Å². The lowest BCUT2D eigenvalue weighted by atomic mass is 9.94. The van der Waals surface area contributed by atoms with Crippen LogP contribution in [0.2, 0.25) is 0 Å². The van der Waals surface area contributed by atoms with Gasteiger partial charge < -0.3 is 9.84 Å². The van der Waals surface area contributed by atoms with E-state index in [1.54, 1.807) is 0 Å². The molecule has 9 heteroatoms. The molecule has 1 fully saturated rings. The fourth-order valence-corrected chi connectivity index (χ4v) is 3.82. The number of rotatable bonds is 2. The molecular formula is C20H21F3N4O2. The third-order valence-corrected chi connectivity index (χ3v) is 5.19. The molecule has 154 valence electrons. The number of nitrogens with zero attached hydrogens (tertiary/aromatic N) is 4. The average molecular weight is 406 g/mol. The number of aromatic hydroxyl groups is 1. The van der Waals surface area contributed by atoms with Gasteiger partial charge in [-0.1, -0.05) is 0 Å². The molecule has 0 amide bonds. The molecule has 1 atom stereocenters. The number of ether oxygens (including phenoxy) is 1. The summed E-state index contributed by atoms with van der Waals surface area (Å²) in [6, 6.07) is 1.85. The maximum atomic E-state index is 13.0. The minimum Gasteiger partial charge on any atom is -0.507 e. The second-order valence-electron chi connectivity index (χ2n) is 8.01. The van der Waals surface area contributed by atoms with Gasteiger partial charge in [0.1, 0.15) is 11.3 Å². The van der Waals surface area contributed by atoms with Crippen molar-refractivity contribution in [2.24, 2.45) is 0 Å². The van der Waals surface area contributed by atoms with Crippen LogP contribution < -0.4 is 0 Å². The number of hydrogen-bond donors (Lipinski definition) is 1. The number of alkyl halides is 3. The summed E-state index contributed by atoms with van der Waals surface area (Å²) in [5.74, 6) is -0.489. The van der Waals surface area contributed by atoms with Crippen LogP contribution in [-0.2, 0) is 10.9 Å². The Balaban J connectivity index is 1.72. The molecule has 0 saturated carbocycles. The molecular weight excluding hydrogens is 385 g/mol. The Labute approximate surface area is 165 Å². The van der Waals surface area contributed by atoms with Crippen LogP contribution in [0.25, 0.3) is 22.4 Å². The second-order valence-corrected chi connectivity index (χ2v) is 8.01. The van der Waals surface area contributed by atoms with Gasteiger partial charge in [0.05, 0.1) is 35.3 Å². The van der Waals surface area contributed by atoms with Crippen molar-refractivity contribution in [1.82, 2.24) is 19.7 Å². The van der Waals surface area contributed by atoms with Crippen LogP contribution in [0.3, 0.4) is 0 Å². The highest BCUT2D eigenvalue weighted by atomic mass is 19.4. The Hall–Kier alpha value is -2.68. The first-order valence-electron chi connectivity index (χ1n) is 9.30. The maximum absolute atomic E-state index is 13.0. The zero-order valence-electron chi connectivity index (χ0n) is 16.3. The largest absolute Gasteiger partial charge is 0.507 e. The van der Waals surface area contributed by atoms with E-state index in [9.17, 15) is 18.3 Å². The van der Waals surface area contributed by atoms with Crippen molar-refractivity contribution in [1.29, 1.82) is 0 Å². The smallest absolute Gasteiger partial charge is 0.416 e. The zero-order valence-corrected chi connectivity index (χ0v) is 16.3. The number of phenolic OH excluding ortho intramolecular Hbond substituents is 1. The van der Waals surface area contributed by atoms with Crippen molar-refractivity contribution in [2.45, 2.75) is 51.4 Å². The number of aryl methyl sites for hydroxylation is 1. The van der Waals surface area contributed by atoms with E-state index >= 15 is 0 Å². The van der Waals surface area contributed by atoms with Gasteiger partial charge in [-0.2, -0.15) is 18.3 Å². The summed E-state index contributed by atoms with van der Waals surface area (Å²) in [7, 11) is 0. The van der Waals surface area contributed by atoms with Gasteiger partial charge in [-0.3, -0.25) is 4.68 Å². The molecule has 1 aliphatic heterocycles. The zero-order chi connectivity index (χ0) is 21.0. The predicted octanol–water partition coefficient (Wildman–Crippen LogP) is 4.66. The van der Waals surface area contributed by atoms with Crippen molar-refractivity contribution in [3.05, 3.63) is 35.7 Å². The molecule has 0 unspecified atom stereocenters. The summed E-state index contributed by atoms with van der Waals surface area (Å²) in [4.78, 5) is 8.80. The molecule has 0 aliphatic carbocycles. The first-order chi connectivity index (χ1) is 13.5. The van der Waals surface area contributed by atoms with Crippen LogP contribution >= 0.6 is 0 Å². The molecule has 0 bridgehead atoms. The van der Waals surface area contributed by atoms with Crippen LogP contribution in [0.5, 0.6) is 5.75 Å². The Kier molecular flexibility index (Phi) is 4.53. The molecule has 0 radical (unpaired) electrons. The van der Waals surface area contributed by atoms with Gasteiger partial charge in [-0.05, 0) is 51.3 Å². The van der Waals surface area contributed by atoms with E-state index < -0.39 is 17.5 Å². The van der Waals surface area contributed by atoms with Gasteiger partial charge >= 0.3 is 6.18 Å². The first-order valence-corrected chi connectivity index (χ1v) is 9.30. The summed E-state index contributed by atoms with van der Waals surface area (Å²) in [6.07, 6.45) is 0.345. The third kappa shape index (κ3) is 3.78. The van der Waals surface area contributed by atoms with Gasteiger partial charge in [0.15, 0.2) is 5.65 Å². The molecule has 1 aliphatic rings. The van der Waals surface area contributed by atoms with Crippen molar-refractivity contribution >= 4 is 11.2 Å². The van der Waals surface area contributed by atoms with E-state index in [0.717, 1.165) is 18.9 Å². The lowest BCUT2D eigenvalue weighted by molar-refractivity contribution is -0.137. The molecule has 1 N–H and O–H groups in total. The Morgan fingerprint density at radius 1 is 1.28 bits per heavy atom. The van der Waals surface area contributed by atoms with Gasteiger partial charge in [0, 0.05) is 12.2 Å². The number of benzene rings is 1. The monoisotopic (exact) mass is 406 g/mol. The average Bonchev–Trinajstić information content (AvgIpc) is 3.03. The third-order valence-electron chi connectivity index (χ3n) is 5.19. The maximum Gasteiger partial charge on any atom is 0.416 e. The van der Waals surface area contributed by atoms with Gasteiger partial charge in [-0.25, -0.2) is 9.97 Å². The molecule has 29 heavy (non-hydrogen) atoms. The van der Waals surface area contributed by atoms with E-state index in [1.165, 1.54) is 13.1 Å². The van der Waals surface area contributed by atoms with Crippen molar-refractivity contribution < 1.29 is 23.0 Å². The summed E-state index contributed by atoms with van der Waals surface area (Å²) in [5.41, 5.74) is 0.574. The quantitative estimate of drug-likeness (QED) is 0.670. The summed E-state index contributed by atoms with van der Waals surface area (Å²) < 4.78 is 46.5. The molecule has 0 spiro atoms. The number of halogens is 3. The predicted molar refractivity (Wildman–Crippen MR) is 100 cm³/mol. The van der Waals surface area contributed by atoms with Gasteiger partial charge in [0.2, 0.25) is 0 Å². The number of fused-ring (bicyclic) bond motifs is 1. The molecule has 1 aromatic carbocycles. The molecule has 3 heterocycles. The summed E-state index contributed by atoms with van der Waals surface area (Å²) in [5, 5.41) is 14.8. The normalized spacial score (nSPS) is 19.6. The van der Waals surface area contributed by atoms with Crippen LogP contribution in [0, 0.1) is 6.92 Å². The van der Waals surface area contributed by atoms with Crippen LogP contribution in [0.1, 0.15) is 43.9 Å². The minimum absolute atomic E-state index is 0.152. The van der Waals surface area contributed by atoms with Crippen molar-refractivity contribution in [3.8, 4) is 17.0 Å². The van der Waals surface area contributed by atoms with E-state index in [1.807, 2.05) is 24.7 Å². The number of aromatic nitrogens is 4. The van der Waals surface area contributed by atoms with Crippen molar-refractivity contribution in [2.75, 3.05) is 6.61 Å². The van der Waals surface area contributed by atoms with Crippen LogP contribution in [0.4, 0.5) is 13.2 Å². The number of phenols is 1. The lowest BCUT2D eigenvalue weighted by Gasteiger charge is -2.35. The fourth-order valence-electron chi connectivity index (χ4n) is 3.82. The Morgan fingerprint density at radius 3 is 2.69 bits per heavy atom. The highest BCUT2D eigenvalue weighted by molar-refractivity contribution is 5.77. The van der Waals surface area contributed by atoms with Gasteiger partial charge in [-0.15, -0.1) is 0 Å². The summed E-state index contributed by atoms with van der Waals surface area (Å²) in [6.45, 7) is 6.21. The molecule has 2 aromatic heterocycles. The molecule has 1 saturated heterocycles. The van der Waals surface area contributed by atoms with E-state index in [2.05, 4.69) is 15.1 Å².